The third-order valence-corrected chi connectivity index (χ3v) is 4.17. The van der Waals surface area contributed by atoms with Crippen LogP contribution in [-0.4, -0.2) is 23.3 Å². The second kappa shape index (κ2) is 8.76. The molecule has 0 bridgehead atoms. The maximum atomic E-state index is 12.2. The molecule has 2 aromatic carbocycles. The van der Waals surface area contributed by atoms with Crippen molar-refractivity contribution in [2.45, 2.75) is 13.0 Å². The van der Waals surface area contributed by atoms with E-state index in [1.54, 1.807) is 18.3 Å². The second-order valence-electron chi connectivity index (χ2n) is 6.17. The Balaban J connectivity index is 1.52. The van der Waals surface area contributed by atoms with Crippen LogP contribution < -0.4 is 10.6 Å². The number of carbonyl (C=O) groups excluding carboxylic acids is 2. The number of amides is 2. The summed E-state index contributed by atoms with van der Waals surface area (Å²) >= 11 is 0. The highest BCUT2D eigenvalue weighted by atomic mass is 16.2. The lowest BCUT2D eigenvalue weighted by Crippen LogP contribution is -2.38. The van der Waals surface area contributed by atoms with Gasteiger partial charge >= 0.3 is 0 Å². The van der Waals surface area contributed by atoms with Crippen molar-refractivity contribution < 1.29 is 9.59 Å². The predicted octanol–water partition coefficient (Wildman–Crippen LogP) is 3.36. The van der Waals surface area contributed by atoms with E-state index >= 15 is 0 Å². The lowest BCUT2D eigenvalue weighted by atomic mass is 10.0. The van der Waals surface area contributed by atoms with Crippen molar-refractivity contribution in [2.24, 2.45) is 0 Å². The van der Waals surface area contributed by atoms with Crippen molar-refractivity contribution in [1.29, 1.82) is 0 Å². The van der Waals surface area contributed by atoms with E-state index in [0.717, 1.165) is 16.8 Å². The number of hydrogen-bond donors (Lipinski definition) is 2. The molecule has 2 N–H and O–H groups in total. The van der Waals surface area contributed by atoms with Gasteiger partial charge in [-0.15, -0.1) is 0 Å². The molecule has 1 unspecified atom stereocenters. The van der Waals surface area contributed by atoms with Gasteiger partial charge in [-0.25, -0.2) is 0 Å². The van der Waals surface area contributed by atoms with E-state index in [9.17, 15) is 9.59 Å². The molecule has 1 atom stereocenters. The van der Waals surface area contributed by atoms with E-state index < -0.39 is 0 Å². The Morgan fingerprint density at radius 1 is 0.889 bits per heavy atom. The van der Waals surface area contributed by atoms with Crippen LogP contribution in [-0.2, 0) is 4.79 Å². The zero-order valence-corrected chi connectivity index (χ0v) is 15.1. The quantitative estimate of drug-likeness (QED) is 0.709. The molecule has 0 radical (unpaired) electrons. The largest absolute Gasteiger partial charge is 0.346 e. The normalized spacial score (nSPS) is 11.4. The summed E-state index contributed by atoms with van der Waals surface area (Å²) in [7, 11) is 0. The topological polar surface area (TPSA) is 71.1 Å². The molecule has 0 aliphatic rings. The first-order valence-electron chi connectivity index (χ1n) is 8.77. The van der Waals surface area contributed by atoms with Crippen molar-refractivity contribution in [3.05, 3.63) is 90.3 Å². The SMILES string of the molecule is CC(NC(=O)CNC(=O)c1ccc(-c2ccccc2)cc1)c1ccccn1. The molecule has 1 heterocycles. The highest BCUT2D eigenvalue weighted by molar-refractivity contribution is 5.96. The molecule has 5 heteroatoms. The zero-order valence-electron chi connectivity index (χ0n) is 15.1. The first kappa shape index (κ1) is 18.3. The number of rotatable bonds is 6. The van der Waals surface area contributed by atoms with E-state index in [4.69, 9.17) is 0 Å². The predicted molar refractivity (Wildman–Crippen MR) is 105 cm³/mol. The van der Waals surface area contributed by atoms with Crippen LogP contribution in [0.4, 0.5) is 0 Å². The molecule has 0 spiro atoms. The molecule has 5 nitrogen and oxygen atoms in total. The number of hydrogen-bond acceptors (Lipinski definition) is 3. The molecule has 2 amide bonds. The molecule has 136 valence electrons. The van der Waals surface area contributed by atoms with E-state index in [2.05, 4.69) is 15.6 Å². The Morgan fingerprint density at radius 2 is 1.56 bits per heavy atom. The van der Waals surface area contributed by atoms with Gasteiger partial charge < -0.3 is 10.6 Å². The van der Waals surface area contributed by atoms with Gasteiger partial charge in [0.15, 0.2) is 0 Å². The van der Waals surface area contributed by atoms with Crippen LogP contribution in [0.25, 0.3) is 11.1 Å². The van der Waals surface area contributed by atoms with Gasteiger partial charge in [-0.05, 0) is 42.3 Å². The van der Waals surface area contributed by atoms with Crippen LogP contribution in [0.5, 0.6) is 0 Å². The third kappa shape index (κ3) is 5.01. The van der Waals surface area contributed by atoms with Crippen LogP contribution in [0, 0.1) is 0 Å². The molecule has 0 aliphatic heterocycles. The average Bonchev–Trinajstić information content (AvgIpc) is 2.73. The molecular weight excluding hydrogens is 338 g/mol. The summed E-state index contributed by atoms with van der Waals surface area (Å²) in [6.07, 6.45) is 1.68. The third-order valence-electron chi connectivity index (χ3n) is 4.17. The minimum Gasteiger partial charge on any atom is -0.346 e. The molecule has 0 aliphatic carbocycles. The summed E-state index contributed by atoms with van der Waals surface area (Å²) in [5.41, 5.74) is 3.41. The van der Waals surface area contributed by atoms with Gasteiger partial charge in [0.25, 0.3) is 5.91 Å². The average molecular weight is 359 g/mol. The molecule has 3 aromatic rings. The molecule has 27 heavy (non-hydrogen) atoms. The minimum atomic E-state index is -0.282. The summed E-state index contributed by atoms with van der Waals surface area (Å²) in [6.45, 7) is 1.76. The molecule has 0 saturated carbocycles. The Labute approximate surface area is 158 Å². The lowest BCUT2D eigenvalue weighted by molar-refractivity contribution is -0.120. The molecule has 0 fully saturated rings. The Hall–Kier alpha value is -3.47. The number of pyridine rings is 1. The van der Waals surface area contributed by atoms with Gasteiger partial charge in [0.1, 0.15) is 0 Å². The lowest BCUT2D eigenvalue weighted by Gasteiger charge is -2.13. The van der Waals surface area contributed by atoms with Gasteiger partial charge in [0.2, 0.25) is 5.91 Å². The molecule has 1 aromatic heterocycles. The number of nitrogens with zero attached hydrogens (tertiary/aromatic N) is 1. The smallest absolute Gasteiger partial charge is 0.251 e. The molecular formula is C22H21N3O2. The highest BCUT2D eigenvalue weighted by Gasteiger charge is 2.12. The maximum absolute atomic E-state index is 12.2. The van der Waals surface area contributed by atoms with E-state index in [0.29, 0.717) is 5.56 Å². The molecule has 0 saturated heterocycles. The number of carbonyl (C=O) groups is 2. The first-order valence-corrected chi connectivity index (χ1v) is 8.77. The van der Waals surface area contributed by atoms with Crippen LogP contribution in [0.3, 0.4) is 0 Å². The van der Waals surface area contributed by atoms with Crippen molar-refractivity contribution in [3.8, 4) is 11.1 Å². The molecule has 3 rings (SSSR count). The van der Waals surface area contributed by atoms with Gasteiger partial charge in [-0.2, -0.15) is 0 Å². The van der Waals surface area contributed by atoms with E-state index in [-0.39, 0.29) is 24.4 Å². The van der Waals surface area contributed by atoms with E-state index in [1.165, 1.54) is 0 Å². The van der Waals surface area contributed by atoms with Crippen molar-refractivity contribution in [2.75, 3.05) is 6.54 Å². The van der Waals surface area contributed by atoms with Crippen LogP contribution in [0.2, 0.25) is 0 Å². The Morgan fingerprint density at radius 3 is 2.22 bits per heavy atom. The Kier molecular flexibility index (Phi) is 5.94. The number of aromatic nitrogens is 1. The minimum absolute atomic E-state index is 0.0869. The maximum Gasteiger partial charge on any atom is 0.251 e. The summed E-state index contributed by atoms with van der Waals surface area (Å²) in [4.78, 5) is 28.5. The van der Waals surface area contributed by atoms with Crippen LogP contribution >= 0.6 is 0 Å². The monoisotopic (exact) mass is 359 g/mol. The summed E-state index contributed by atoms with van der Waals surface area (Å²) in [5, 5.41) is 5.46. The standard InChI is InChI=1S/C22H21N3O2/c1-16(20-9-5-6-14-23-20)25-21(26)15-24-22(27)19-12-10-18(11-13-19)17-7-3-2-4-8-17/h2-14,16H,15H2,1H3,(H,24,27)(H,25,26). The fraction of sp³-hybridized carbons (Fsp3) is 0.136. The van der Waals surface area contributed by atoms with Gasteiger partial charge in [-0.3, -0.25) is 14.6 Å². The summed E-state index contributed by atoms with van der Waals surface area (Å²) in [6, 6.07) is 22.6. The van der Waals surface area contributed by atoms with Crippen LogP contribution in [0.1, 0.15) is 29.0 Å². The fourth-order valence-corrected chi connectivity index (χ4v) is 2.71. The highest BCUT2D eigenvalue weighted by Crippen LogP contribution is 2.19. The van der Waals surface area contributed by atoms with Crippen molar-refractivity contribution in [1.82, 2.24) is 15.6 Å². The van der Waals surface area contributed by atoms with Gasteiger partial charge in [-0.1, -0.05) is 48.5 Å². The van der Waals surface area contributed by atoms with Crippen molar-refractivity contribution >= 4 is 11.8 Å². The zero-order chi connectivity index (χ0) is 19.1. The number of nitrogens with one attached hydrogen (secondary N) is 2. The van der Waals surface area contributed by atoms with Crippen LogP contribution in [0.15, 0.2) is 79.0 Å². The summed E-state index contributed by atoms with van der Waals surface area (Å²) in [5.74, 6) is -0.544. The van der Waals surface area contributed by atoms with Gasteiger partial charge in [0, 0.05) is 11.8 Å². The number of benzene rings is 2. The fourth-order valence-electron chi connectivity index (χ4n) is 2.71. The van der Waals surface area contributed by atoms with E-state index in [1.807, 2.05) is 67.6 Å². The Bertz CT molecular complexity index is 894. The second-order valence-corrected chi connectivity index (χ2v) is 6.17. The van der Waals surface area contributed by atoms with Crippen molar-refractivity contribution in [3.63, 3.8) is 0 Å². The summed E-state index contributed by atoms with van der Waals surface area (Å²) < 4.78 is 0. The van der Waals surface area contributed by atoms with Gasteiger partial charge in [0.05, 0.1) is 18.3 Å². The first-order chi connectivity index (χ1) is 13.1.